The number of hydrogen-bond donors (Lipinski definition) is 1. The zero-order valence-electron chi connectivity index (χ0n) is 14.1. The van der Waals surface area contributed by atoms with Crippen LogP contribution in [0.4, 0.5) is 0 Å². The third-order valence-corrected chi connectivity index (χ3v) is 4.32. The van der Waals surface area contributed by atoms with Crippen molar-refractivity contribution in [2.45, 2.75) is 52.5 Å². The quantitative estimate of drug-likeness (QED) is 0.911. The van der Waals surface area contributed by atoms with E-state index in [-0.39, 0.29) is 23.9 Å². The van der Waals surface area contributed by atoms with Gasteiger partial charge in [-0.15, -0.1) is 0 Å². The van der Waals surface area contributed by atoms with Gasteiger partial charge in [0, 0.05) is 17.8 Å². The standard InChI is InChI=1S/C16H21N5O3/c1-9-12(15(23)18-10(2)17-9)8-14(22)21-7-5-4-6-13(21)16-19-11(3)20-24-16/h13H,4-8H2,1-3H3,(H,17,18,23). The van der Waals surface area contributed by atoms with E-state index in [9.17, 15) is 9.59 Å². The molecule has 0 spiro atoms. The van der Waals surface area contributed by atoms with E-state index in [4.69, 9.17) is 4.52 Å². The molecule has 8 heteroatoms. The van der Waals surface area contributed by atoms with Crippen LogP contribution < -0.4 is 5.56 Å². The van der Waals surface area contributed by atoms with Crippen LogP contribution >= 0.6 is 0 Å². The minimum absolute atomic E-state index is 0.0259. The Kier molecular flexibility index (Phi) is 4.46. The molecule has 8 nitrogen and oxygen atoms in total. The van der Waals surface area contributed by atoms with Crippen LogP contribution in [0.15, 0.2) is 9.32 Å². The fourth-order valence-electron chi connectivity index (χ4n) is 3.15. The van der Waals surface area contributed by atoms with Gasteiger partial charge in [-0.25, -0.2) is 4.98 Å². The first kappa shape index (κ1) is 16.4. The second-order valence-corrected chi connectivity index (χ2v) is 6.17. The van der Waals surface area contributed by atoms with E-state index in [0.29, 0.717) is 35.3 Å². The van der Waals surface area contributed by atoms with Gasteiger partial charge < -0.3 is 14.4 Å². The lowest BCUT2D eigenvalue weighted by Gasteiger charge is -2.33. The number of amides is 1. The Morgan fingerprint density at radius 2 is 2.08 bits per heavy atom. The van der Waals surface area contributed by atoms with Gasteiger partial charge >= 0.3 is 0 Å². The third-order valence-electron chi connectivity index (χ3n) is 4.32. The molecule has 2 aromatic rings. The predicted octanol–water partition coefficient (Wildman–Crippen LogP) is 1.37. The van der Waals surface area contributed by atoms with Crippen molar-refractivity contribution in [3.8, 4) is 0 Å². The Morgan fingerprint density at radius 1 is 1.29 bits per heavy atom. The molecule has 0 saturated carbocycles. The monoisotopic (exact) mass is 331 g/mol. The Hall–Kier alpha value is -2.51. The summed E-state index contributed by atoms with van der Waals surface area (Å²) in [6.45, 7) is 5.85. The summed E-state index contributed by atoms with van der Waals surface area (Å²) < 4.78 is 5.26. The summed E-state index contributed by atoms with van der Waals surface area (Å²) in [5, 5.41) is 3.82. The van der Waals surface area contributed by atoms with Gasteiger partial charge in [-0.3, -0.25) is 9.59 Å². The number of aromatic nitrogens is 4. The van der Waals surface area contributed by atoms with E-state index in [1.54, 1.807) is 25.7 Å². The molecule has 1 unspecified atom stereocenters. The van der Waals surface area contributed by atoms with E-state index < -0.39 is 0 Å². The predicted molar refractivity (Wildman–Crippen MR) is 85.4 cm³/mol. The van der Waals surface area contributed by atoms with Crippen molar-refractivity contribution in [1.29, 1.82) is 0 Å². The highest BCUT2D eigenvalue weighted by Gasteiger charge is 2.32. The maximum Gasteiger partial charge on any atom is 0.254 e. The zero-order valence-corrected chi connectivity index (χ0v) is 14.1. The normalized spacial score (nSPS) is 18.0. The molecule has 2 aromatic heterocycles. The van der Waals surface area contributed by atoms with Gasteiger partial charge in [0.1, 0.15) is 11.9 Å². The van der Waals surface area contributed by atoms with Gasteiger partial charge in [-0.05, 0) is 40.0 Å². The molecule has 3 heterocycles. The molecule has 1 N–H and O–H groups in total. The number of nitrogens with one attached hydrogen (secondary N) is 1. The van der Waals surface area contributed by atoms with Crippen LogP contribution in [-0.2, 0) is 11.2 Å². The summed E-state index contributed by atoms with van der Waals surface area (Å²) >= 11 is 0. The average Bonchev–Trinajstić information content (AvgIpc) is 2.97. The van der Waals surface area contributed by atoms with Crippen molar-refractivity contribution in [2.24, 2.45) is 0 Å². The molecule has 1 atom stereocenters. The summed E-state index contributed by atoms with van der Waals surface area (Å²) in [6.07, 6.45) is 2.74. The number of piperidine rings is 1. The summed E-state index contributed by atoms with van der Waals surface area (Å²) in [5.41, 5.74) is 0.749. The van der Waals surface area contributed by atoms with Gasteiger partial charge in [-0.1, -0.05) is 5.16 Å². The number of aromatic amines is 1. The van der Waals surface area contributed by atoms with Crippen LogP contribution in [0.25, 0.3) is 0 Å². The van der Waals surface area contributed by atoms with E-state index in [2.05, 4.69) is 20.1 Å². The first-order valence-electron chi connectivity index (χ1n) is 8.12. The topological polar surface area (TPSA) is 105 Å². The largest absolute Gasteiger partial charge is 0.337 e. The SMILES string of the molecule is Cc1noc(C2CCCCN2C(=O)Cc2c(C)nc(C)[nH]c2=O)n1. The second kappa shape index (κ2) is 6.54. The second-order valence-electron chi connectivity index (χ2n) is 6.17. The minimum atomic E-state index is -0.254. The summed E-state index contributed by atoms with van der Waals surface area (Å²) in [7, 11) is 0. The Labute approximate surface area is 139 Å². The molecular weight excluding hydrogens is 310 g/mol. The first-order valence-corrected chi connectivity index (χ1v) is 8.12. The van der Waals surface area contributed by atoms with Gasteiger partial charge in [0.05, 0.1) is 6.42 Å². The van der Waals surface area contributed by atoms with Crippen molar-refractivity contribution in [3.63, 3.8) is 0 Å². The summed E-state index contributed by atoms with van der Waals surface area (Å²) in [5.74, 6) is 1.45. The molecule has 1 fully saturated rings. The lowest BCUT2D eigenvalue weighted by Crippen LogP contribution is -2.40. The van der Waals surface area contributed by atoms with Crippen molar-refractivity contribution in [2.75, 3.05) is 6.54 Å². The number of H-pyrrole nitrogens is 1. The smallest absolute Gasteiger partial charge is 0.254 e. The van der Waals surface area contributed by atoms with Crippen molar-refractivity contribution in [1.82, 2.24) is 25.0 Å². The molecule has 1 amide bonds. The Balaban J connectivity index is 1.84. The molecule has 0 bridgehead atoms. The molecule has 1 saturated heterocycles. The maximum absolute atomic E-state index is 12.8. The van der Waals surface area contributed by atoms with E-state index in [1.165, 1.54) is 0 Å². The first-order chi connectivity index (χ1) is 11.5. The van der Waals surface area contributed by atoms with Gasteiger partial charge in [0.2, 0.25) is 11.8 Å². The number of nitrogens with zero attached hydrogens (tertiary/aromatic N) is 4. The highest BCUT2D eigenvalue weighted by atomic mass is 16.5. The number of carbonyl (C=O) groups is 1. The van der Waals surface area contributed by atoms with Crippen molar-refractivity contribution < 1.29 is 9.32 Å². The van der Waals surface area contributed by atoms with Crippen LogP contribution in [0.1, 0.15) is 54.1 Å². The number of likely N-dealkylation sites (tertiary alicyclic amines) is 1. The number of carbonyl (C=O) groups excluding carboxylic acids is 1. The Bertz CT molecular complexity index is 810. The summed E-state index contributed by atoms with van der Waals surface area (Å²) in [4.78, 5) is 37.8. The third kappa shape index (κ3) is 3.22. The average molecular weight is 331 g/mol. The van der Waals surface area contributed by atoms with E-state index in [1.807, 2.05) is 0 Å². The highest BCUT2D eigenvalue weighted by Crippen LogP contribution is 2.30. The molecule has 0 radical (unpaired) electrons. The molecule has 0 aromatic carbocycles. The number of rotatable bonds is 3. The molecular formula is C16H21N5O3. The highest BCUT2D eigenvalue weighted by molar-refractivity contribution is 5.79. The maximum atomic E-state index is 12.8. The lowest BCUT2D eigenvalue weighted by atomic mass is 10.0. The van der Waals surface area contributed by atoms with E-state index >= 15 is 0 Å². The Morgan fingerprint density at radius 3 is 2.75 bits per heavy atom. The molecule has 24 heavy (non-hydrogen) atoms. The lowest BCUT2D eigenvalue weighted by molar-refractivity contribution is -0.135. The molecule has 0 aliphatic carbocycles. The molecule has 3 rings (SSSR count). The van der Waals surface area contributed by atoms with Crippen molar-refractivity contribution in [3.05, 3.63) is 39.2 Å². The fourth-order valence-corrected chi connectivity index (χ4v) is 3.15. The van der Waals surface area contributed by atoms with Gasteiger partial charge in [-0.2, -0.15) is 4.98 Å². The van der Waals surface area contributed by atoms with E-state index in [0.717, 1.165) is 19.3 Å². The van der Waals surface area contributed by atoms with Crippen LogP contribution in [-0.4, -0.2) is 37.5 Å². The van der Waals surface area contributed by atoms with Gasteiger partial charge in [0.25, 0.3) is 5.56 Å². The summed E-state index contributed by atoms with van der Waals surface area (Å²) in [6, 6.07) is -0.217. The van der Waals surface area contributed by atoms with Crippen LogP contribution in [0.3, 0.4) is 0 Å². The van der Waals surface area contributed by atoms with Crippen LogP contribution in [0, 0.1) is 20.8 Å². The van der Waals surface area contributed by atoms with Crippen molar-refractivity contribution >= 4 is 5.91 Å². The number of hydrogen-bond acceptors (Lipinski definition) is 6. The van der Waals surface area contributed by atoms with Crippen LogP contribution in [0.2, 0.25) is 0 Å². The minimum Gasteiger partial charge on any atom is -0.337 e. The molecule has 1 aliphatic heterocycles. The zero-order chi connectivity index (χ0) is 17.3. The van der Waals surface area contributed by atoms with Crippen LogP contribution in [0.5, 0.6) is 0 Å². The number of aryl methyl sites for hydroxylation is 3. The van der Waals surface area contributed by atoms with Gasteiger partial charge in [0.15, 0.2) is 5.82 Å². The molecule has 1 aliphatic rings. The molecule has 128 valence electrons. The fraction of sp³-hybridized carbons (Fsp3) is 0.562.